The van der Waals surface area contributed by atoms with Crippen LogP contribution in [0.15, 0.2) is 30.3 Å². The van der Waals surface area contributed by atoms with Crippen LogP contribution in [0, 0.1) is 5.92 Å². The van der Waals surface area contributed by atoms with Crippen LogP contribution in [0.1, 0.15) is 46.6 Å². The molecule has 0 saturated carbocycles. The lowest BCUT2D eigenvalue weighted by molar-refractivity contribution is -0.133. The number of ether oxygens (including phenoxy) is 1. The molecule has 2 rings (SSSR count). The van der Waals surface area contributed by atoms with E-state index in [0.29, 0.717) is 19.5 Å². The fraction of sp³-hybridized carbons (Fsp3) is 0.619. The van der Waals surface area contributed by atoms with Crippen LogP contribution < -0.4 is 0 Å². The van der Waals surface area contributed by atoms with E-state index in [2.05, 4.69) is 0 Å². The Hall–Kier alpha value is -1.92. The van der Waals surface area contributed by atoms with Gasteiger partial charge in [0.05, 0.1) is 18.7 Å². The number of aliphatic hydroxyl groups excluding tert-OH is 1. The summed E-state index contributed by atoms with van der Waals surface area (Å²) in [6.45, 7) is 10.3. The summed E-state index contributed by atoms with van der Waals surface area (Å²) in [5.74, 6) is -0.106. The van der Waals surface area contributed by atoms with Crippen molar-refractivity contribution in [3.63, 3.8) is 0 Å². The number of aliphatic hydroxyl groups is 1. The normalized spacial score (nSPS) is 22.0. The standard InChI is InChI=1S/C21H32N2O4/c1-15(2)11-17-18(24)13-22(12-16-9-7-6-8-10-16)14-19(25)23(17)20(26)27-21(3,4)5/h6-10,15,17-18,24H,11-14H2,1-5H3/t17-,18+/m0/s1. The Kier molecular flexibility index (Phi) is 7.00. The van der Waals surface area contributed by atoms with E-state index in [1.807, 2.05) is 49.1 Å². The number of imide groups is 1. The maximum atomic E-state index is 13.0. The van der Waals surface area contributed by atoms with E-state index >= 15 is 0 Å². The maximum Gasteiger partial charge on any atom is 0.417 e. The van der Waals surface area contributed by atoms with Crippen LogP contribution in [0.5, 0.6) is 0 Å². The molecule has 1 saturated heterocycles. The van der Waals surface area contributed by atoms with Gasteiger partial charge in [0.15, 0.2) is 0 Å². The van der Waals surface area contributed by atoms with Crippen LogP contribution in [0.3, 0.4) is 0 Å². The van der Waals surface area contributed by atoms with Gasteiger partial charge in [0.2, 0.25) is 5.91 Å². The van der Waals surface area contributed by atoms with Crippen LogP contribution in [-0.2, 0) is 16.1 Å². The van der Waals surface area contributed by atoms with Crippen molar-refractivity contribution in [2.45, 2.75) is 65.3 Å². The minimum absolute atomic E-state index is 0.0692. The van der Waals surface area contributed by atoms with E-state index in [1.54, 1.807) is 20.8 Å². The van der Waals surface area contributed by atoms with Crippen LogP contribution in [-0.4, -0.2) is 57.7 Å². The number of benzene rings is 1. The molecule has 1 fully saturated rings. The van der Waals surface area contributed by atoms with Gasteiger partial charge in [-0.15, -0.1) is 0 Å². The van der Waals surface area contributed by atoms with Crippen molar-refractivity contribution in [1.82, 2.24) is 9.80 Å². The van der Waals surface area contributed by atoms with Crippen molar-refractivity contribution in [1.29, 1.82) is 0 Å². The van der Waals surface area contributed by atoms with Gasteiger partial charge >= 0.3 is 6.09 Å². The molecule has 1 heterocycles. The second-order valence-electron chi connectivity index (χ2n) is 8.66. The van der Waals surface area contributed by atoms with Crippen molar-refractivity contribution >= 4 is 12.0 Å². The summed E-state index contributed by atoms with van der Waals surface area (Å²) in [6, 6.07) is 9.21. The monoisotopic (exact) mass is 376 g/mol. The third-order valence-electron chi connectivity index (χ3n) is 4.40. The number of amides is 2. The molecule has 1 aromatic rings. The van der Waals surface area contributed by atoms with Gasteiger partial charge in [-0.05, 0) is 38.7 Å². The molecule has 2 atom stereocenters. The molecule has 2 amide bonds. The van der Waals surface area contributed by atoms with Gasteiger partial charge in [-0.25, -0.2) is 9.69 Å². The quantitative estimate of drug-likeness (QED) is 0.875. The zero-order valence-electron chi connectivity index (χ0n) is 17.0. The Morgan fingerprint density at radius 1 is 1.26 bits per heavy atom. The Morgan fingerprint density at radius 2 is 1.89 bits per heavy atom. The third kappa shape index (κ3) is 6.33. The van der Waals surface area contributed by atoms with Crippen LogP contribution in [0.4, 0.5) is 4.79 Å². The second-order valence-corrected chi connectivity index (χ2v) is 8.66. The Balaban J connectivity index is 2.25. The fourth-order valence-corrected chi connectivity index (χ4v) is 3.33. The first-order chi connectivity index (χ1) is 12.6. The number of carbonyl (C=O) groups is 2. The molecule has 0 unspecified atom stereocenters. The third-order valence-corrected chi connectivity index (χ3v) is 4.40. The minimum Gasteiger partial charge on any atom is -0.443 e. The SMILES string of the molecule is CC(C)C[C@H]1[C@H](O)CN(Cc2ccccc2)CC(=O)N1C(=O)OC(C)(C)C. The van der Waals surface area contributed by atoms with E-state index in [1.165, 1.54) is 0 Å². The highest BCUT2D eigenvalue weighted by Crippen LogP contribution is 2.23. The van der Waals surface area contributed by atoms with Crippen molar-refractivity contribution in [3.8, 4) is 0 Å². The van der Waals surface area contributed by atoms with E-state index in [-0.39, 0.29) is 18.4 Å². The first kappa shape index (κ1) is 21.4. The molecule has 0 bridgehead atoms. The molecule has 6 heteroatoms. The Morgan fingerprint density at radius 3 is 2.44 bits per heavy atom. The molecule has 0 aromatic heterocycles. The topological polar surface area (TPSA) is 70.1 Å². The van der Waals surface area contributed by atoms with Gasteiger partial charge in [-0.2, -0.15) is 0 Å². The molecule has 1 N–H and O–H groups in total. The van der Waals surface area contributed by atoms with E-state index in [9.17, 15) is 14.7 Å². The molecule has 0 spiro atoms. The largest absolute Gasteiger partial charge is 0.443 e. The van der Waals surface area contributed by atoms with Crippen molar-refractivity contribution in [3.05, 3.63) is 35.9 Å². The average molecular weight is 376 g/mol. The smallest absolute Gasteiger partial charge is 0.417 e. The lowest BCUT2D eigenvalue weighted by Crippen LogP contribution is -2.52. The number of hydrogen-bond donors (Lipinski definition) is 1. The Bertz CT molecular complexity index is 639. The van der Waals surface area contributed by atoms with Gasteiger partial charge in [0.25, 0.3) is 0 Å². The maximum absolute atomic E-state index is 13.0. The van der Waals surface area contributed by atoms with Crippen molar-refractivity contribution < 1.29 is 19.4 Å². The molecular formula is C21H32N2O4. The number of rotatable bonds is 4. The van der Waals surface area contributed by atoms with Crippen molar-refractivity contribution in [2.24, 2.45) is 5.92 Å². The van der Waals surface area contributed by atoms with Gasteiger partial charge < -0.3 is 9.84 Å². The fourth-order valence-electron chi connectivity index (χ4n) is 3.33. The first-order valence-corrected chi connectivity index (χ1v) is 9.56. The van der Waals surface area contributed by atoms with Gasteiger partial charge in [-0.3, -0.25) is 9.69 Å². The lowest BCUT2D eigenvalue weighted by atomic mass is 9.98. The number of hydrogen-bond acceptors (Lipinski definition) is 5. The average Bonchev–Trinajstić information content (AvgIpc) is 2.63. The molecule has 1 aliphatic rings. The molecular weight excluding hydrogens is 344 g/mol. The minimum atomic E-state index is -0.824. The lowest BCUT2D eigenvalue weighted by Gasteiger charge is -2.33. The number of β-amino-alcohol motifs (C(OH)–C–C–N with tert-alkyl or cyclic N) is 1. The molecule has 27 heavy (non-hydrogen) atoms. The Labute approximate surface area is 162 Å². The summed E-state index contributed by atoms with van der Waals surface area (Å²) in [6.07, 6.45) is -0.973. The van der Waals surface area contributed by atoms with Gasteiger partial charge in [0.1, 0.15) is 5.60 Å². The highest BCUT2D eigenvalue weighted by atomic mass is 16.6. The first-order valence-electron chi connectivity index (χ1n) is 9.56. The second kappa shape index (κ2) is 8.85. The molecule has 6 nitrogen and oxygen atoms in total. The van der Waals surface area contributed by atoms with Crippen LogP contribution in [0.2, 0.25) is 0 Å². The van der Waals surface area contributed by atoms with Crippen LogP contribution in [0.25, 0.3) is 0 Å². The van der Waals surface area contributed by atoms with Gasteiger partial charge in [-0.1, -0.05) is 44.2 Å². The number of nitrogens with zero attached hydrogens (tertiary/aromatic N) is 2. The highest BCUT2D eigenvalue weighted by molar-refractivity contribution is 5.94. The summed E-state index contributed by atoms with van der Waals surface area (Å²) in [5, 5.41) is 10.8. The predicted octanol–water partition coefficient (Wildman–Crippen LogP) is 3.04. The summed E-state index contributed by atoms with van der Waals surface area (Å²) in [5.41, 5.74) is 0.351. The number of carbonyl (C=O) groups excluding carboxylic acids is 2. The highest BCUT2D eigenvalue weighted by Gasteiger charge is 2.41. The zero-order chi connectivity index (χ0) is 20.2. The zero-order valence-corrected chi connectivity index (χ0v) is 17.0. The molecule has 0 radical (unpaired) electrons. The molecule has 1 aromatic carbocycles. The van der Waals surface area contributed by atoms with Crippen LogP contribution >= 0.6 is 0 Å². The predicted molar refractivity (Wildman–Crippen MR) is 104 cm³/mol. The molecule has 0 aliphatic carbocycles. The summed E-state index contributed by atoms with van der Waals surface area (Å²) < 4.78 is 5.45. The summed E-state index contributed by atoms with van der Waals surface area (Å²) in [7, 11) is 0. The summed E-state index contributed by atoms with van der Waals surface area (Å²) >= 11 is 0. The van der Waals surface area contributed by atoms with E-state index in [4.69, 9.17) is 4.74 Å². The molecule has 1 aliphatic heterocycles. The molecule has 150 valence electrons. The van der Waals surface area contributed by atoms with Gasteiger partial charge in [0, 0.05) is 13.1 Å². The summed E-state index contributed by atoms with van der Waals surface area (Å²) in [4.78, 5) is 28.7. The van der Waals surface area contributed by atoms with E-state index in [0.717, 1.165) is 10.5 Å². The van der Waals surface area contributed by atoms with E-state index < -0.39 is 23.8 Å². The van der Waals surface area contributed by atoms with Crippen molar-refractivity contribution in [2.75, 3.05) is 13.1 Å².